The summed E-state index contributed by atoms with van der Waals surface area (Å²) < 4.78 is 1.12. The molecule has 1 aromatic carbocycles. The maximum Gasteiger partial charge on any atom is 0.326 e. The van der Waals surface area contributed by atoms with Crippen LogP contribution in [0.1, 0.15) is 35.1 Å². The number of aryl methyl sites for hydroxylation is 2. The van der Waals surface area contributed by atoms with Crippen LogP contribution >= 0.6 is 0 Å². The molecular weight excluding hydrogens is 340 g/mol. The normalized spacial score (nSPS) is 11.8. The van der Waals surface area contributed by atoms with Gasteiger partial charge in [0.1, 0.15) is 11.7 Å². The van der Waals surface area contributed by atoms with E-state index in [1.165, 1.54) is 7.05 Å². The Balaban J connectivity index is 2.29. The molecule has 2 rings (SSSR count). The summed E-state index contributed by atoms with van der Waals surface area (Å²) in [6.07, 6.45) is 1.05. The third-order valence-electron chi connectivity index (χ3n) is 3.86. The Labute approximate surface area is 149 Å². The van der Waals surface area contributed by atoms with E-state index in [2.05, 4.69) is 10.4 Å². The Morgan fingerprint density at radius 1 is 1.35 bits per heavy atom. The van der Waals surface area contributed by atoms with Crippen molar-refractivity contribution < 1.29 is 19.6 Å². The Morgan fingerprint density at radius 3 is 2.54 bits per heavy atom. The third kappa shape index (κ3) is 4.24. The van der Waals surface area contributed by atoms with Gasteiger partial charge in [-0.25, -0.2) is 4.79 Å². The van der Waals surface area contributed by atoms with Gasteiger partial charge in [0.15, 0.2) is 0 Å². The second-order valence-electron chi connectivity index (χ2n) is 5.83. The molecule has 0 aliphatic carbocycles. The summed E-state index contributed by atoms with van der Waals surface area (Å²) in [6, 6.07) is 7.60. The van der Waals surface area contributed by atoms with Crippen LogP contribution in [0.15, 0.2) is 30.3 Å². The van der Waals surface area contributed by atoms with Crippen LogP contribution in [0, 0.1) is 10.1 Å². The van der Waals surface area contributed by atoms with Gasteiger partial charge in [-0.05, 0) is 12.0 Å². The fourth-order valence-corrected chi connectivity index (χ4v) is 2.70. The van der Waals surface area contributed by atoms with Gasteiger partial charge in [0, 0.05) is 13.5 Å². The maximum atomic E-state index is 12.6. The highest BCUT2D eigenvalue weighted by molar-refractivity contribution is 5.99. The van der Waals surface area contributed by atoms with Crippen LogP contribution in [0.4, 0.5) is 5.69 Å². The van der Waals surface area contributed by atoms with Gasteiger partial charge in [-0.1, -0.05) is 43.7 Å². The number of carboxylic acids is 1. The zero-order valence-corrected chi connectivity index (χ0v) is 14.5. The summed E-state index contributed by atoms with van der Waals surface area (Å²) in [5.41, 5.74) is 0.305. The molecule has 26 heavy (non-hydrogen) atoms. The van der Waals surface area contributed by atoms with E-state index < -0.39 is 22.8 Å². The van der Waals surface area contributed by atoms with Gasteiger partial charge in [-0.15, -0.1) is 0 Å². The zero-order valence-electron chi connectivity index (χ0n) is 14.5. The summed E-state index contributed by atoms with van der Waals surface area (Å²) >= 11 is 0. The van der Waals surface area contributed by atoms with Crippen LogP contribution in [0.5, 0.6) is 0 Å². The summed E-state index contributed by atoms with van der Waals surface area (Å²) in [5, 5.41) is 27.2. The van der Waals surface area contributed by atoms with E-state index in [1.54, 1.807) is 30.3 Å². The lowest BCUT2D eigenvalue weighted by molar-refractivity contribution is -0.385. The van der Waals surface area contributed by atoms with E-state index in [0.29, 0.717) is 12.8 Å². The first kappa shape index (κ1) is 19.1. The van der Waals surface area contributed by atoms with Gasteiger partial charge in [-0.2, -0.15) is 5.10 Å². The number of benzene rings is 1. The number of carbonyl (C=O) groups excluding carboxylic acids is 1. The smallest absolute Gasteiger partial charge is 0.326 e. The monoisotopic (exact) mass is 360 g/mol. The molecule has 1 atom stereocenters. The molecule has 2 aromatic rings. The van der Waals surface area contributed by atoms with Crippen LogP contribution in [-0.4, -0.2) is 37.7 Å². The first-order chi connectivity index (χ1) is 12.3. The van der Waals surface area contributed by atoms with Crippen LogP contribution in [0.2, 0.25) is 0 Å². The minimum Gasteiger partial charge on any atom is -0.480 e. The summed E-state index contributed by atoms with van der Waals surface area (Å²) in [5.74, 6) is -2.06. The molecule has 1 amide bonds. The lowest BCUT2D eigenvalue weighted by Crippen LogP contribution is -2.43. The molecule has 9 heteroatoms. The number of nitro groups is 1. The lowest BCUT2D eigenvalue weighted by atomic mass is 10.1. The van der Waals surface area contributed by atoms with E-state index in [0.717, 1.165) is 10.2 Å². The van der Waals surface area contributed by atoms with Crippen LogP contribution in [0.25, 0.3) is 0 Å². The zero-order chi connectivity index (χ0) is 19.3. The van der Waals surface area contributed by atoms with Crippen molar-refractivity contribution in [1.29, 1.82) is 0 Å². The van der Waals surface area contributed by atoms with E-state index in [4.69, 9.17) is 0 Å². The number of amides is 1. The number of hydrogen-bond acceptors (Lipinski definition) is 5. The van der Waals surface area contributed by atoms with E-state index in [1.807, 2.05) is 6.92 Å². The van der Waals surface area contributed by atoms with Gasteiger partial charge in [-0.3, -0.25) is 19.6 Å². The van der Waals surface area contributed by atoms with E-state index in [9.17, 15) is 24.8 Å². The summed E-state index contributed by atoms with van der Waals surface area (Å²) in [4.78, 5) is 34.8. The standard InChI is InChI=1S/C17H20N4O5/c1-3-7-12-14(21(25)26)15(20(2)19-12)16(22)18-13(17(23)24)10-11-8-5-4-6-9-11/h4-6,8-9,13H,3,7,10H2,1-2H3,(H,18,22)(H,23,24)/t13-/m0/s1. The van der Waals surface area contributed by atoms with Crippen LogP contribution in [0.3, 0.4) is 0 Å². The first-order valence-corrected chi connectivity index (χ1v) is 8.13. The average molecular weight is 360 g/mol. The second kappa shape index (κ2) is 8.24. The molecule has 1 aromatic heterocycles. The number of nitrogens with zero attached hydrogens (tertiary/aromatic N) is 3. The molecule has 0 radical (unpaired) electrons. The van der Waals surface area contributed by atoms with Crippen molar-refractivity contribution in [2.45, 2.75) is 32.2 Å². The molecule has 138 valence electrons. The fraction of sp³-hybridized carbons (Fsp3) is 0.353. The highest BCUT2D eigenvalue weighted by atomic mass is 16.6. The molecule has 0 unspecified atom stereocenters. The predicted molar refractivity (Wildman–Crippen MR) is 92.9 cm³/mol. The van der Waals surface area contributed by atoms with Gasteiger partial charge in [0.25, 0.3) is 5.91 Å². The Bertz CT molecular complexity index is 816. The van der Waals surface area contributed by atoms with E-state index >= 15 is 0 Å². The molecule has 2 N–H and O–H groups in total. The van der Waals surface area contributed by atoms with Gasteiger partial charge >= 0.3 is 11.7 Å². The summed E-state index contributed by atoms with van der Waals surface area (Å²) in [7, 11) is 1.42. The fourth-order valence-electron chi connectivity index (χ4n) is 2.70. The minimum atomic E-state index is -1.22. The largest absolute Gasteiger partial charge is 0.480 e. The quantitative estimate of drug-likeness (QED) is 0.545. The van der Waals surface area contributed by atoms with Crippen molar-refractivity contribution in [1.82, 2.24) is 15.1 Å². The average Bonchev–Trinajstić information content (AvgIpc) is 2.91. The molecule has 9 nitrogen and oxygen atoms in total. The van der Waals surface area contributed by atoms with Gasteiger partial charge < -0.3 is 10.4 Å². The Kier molecular flexibility index (Phi) is 6.05. The van der Waals surface area contributed by atoms with Crippen molar-refractivity contribution in [3.05, 3.63) is 57.4 Å². The molecule has 0 spiro atoms. The first-order valence-electron chi connectivity index (χ1n) is 8.13. The Hall–Kier alpha value is -3.23. The van der Waals surface area contributed by atoms with E-state index in [-0.39, 0.29) is 23.5 Å². The lowest BCUT2D eigenvalue weighted by Gasteiger charge is -2.14. The molecule has 0 aliphatic rings. The summed E-state index contributed by atoms with van der Waals surface area (Å²) in [6.45, 7) is 1.85. The molecule has 0 fully saturated rings. The minimum absolute atomic E-state index is 0.0649. The molecular formula is C17H20N4O5. The van der Waals surface area contributed by atoms with Crippen molar-refractivity contribution >= 4 is 17.6 Å². The molecule has 0 saturated carbocycles. The third-order valence-corrected chi connectivity index (χ3v) is 3.86. The number of aliphatic carboxylic acids is 1. The molecule has 0 saturated heterocycles. The Morgan fingerprint density at radius 2 is 2.00 bits per heavy atom. The number of hydrogen-bond donors (Lipinski definition) is 2. The van der Waals surface area contributed by atoms with Gasteiger partial charge in [0.05, 0.1) is 4.92 Å². The highest BCUT2D eigenvalue weighted by Gasteiger charge is 2.33. The van der Waals surface area contributed by atoms with Gasteiger partial charge in [0.2, 0.25) is 5.69 Å². The molecule has 0 aliphatic heterocycles. The van der Waals surface area contributed by atoms with Crippen molar-refractivity contribution in [3.8, 4) is 0 Å². The number of rotatable bonds is 8. The number of carbonyl (C=O) groups is 2. The van der Waals surface area contributed by atoms with Crippen molar-refractivity contribution in [3.63, 3.8) is 0 Å². The number of carboxylic acid groups (broad SMARTS) is 1. The van der Waals surface area contributed by atoms with Crippen molar-refractivity contribution in [2.75, 3.05) is 0 Å². The van der Waals surface area contributed by atoms with Crippen molar-refractivity contribution in [2.24, 2.45) is 7.05 Å². The topological polar surface area (TPSA) is 127 Å². The van der Waals surface area contributed by atoms with Crippen LogP contribution < -0.4 is 5.32 Å². The number of aromatic nitrogens is 2. The van der Waals surface area contributed by atoms with Crippen LogP contribution in [-0.2, 0) is 24.7 Å². The maximum absolute atomic E-state index is 12.6. The second-order valence-corrected chi connectivity index (χ2v) is 5.83. The molecule has 1 heterocycles. The molecule has 0 bridgehead atoms. The highest BCUT2D eigenvalue weighted by Crippen LogP contribution is 2.24. The predicted octanol–water partition coefficient (Wildman–Crippen LogP) is 1.71. The number of nitrogens with one attached hydrogen (secondary N) is 1. The SMILES string of the molecule is CCCc1nn(C)c(C(=O)N[C@@H](Cc2ccccc2)C(=O)O)c1[N+](=O)[O-].